The number of rotatable bonds is 6. The summed E-state index contributed by atoms with van der Waals surface area (Å²) in [5.74, 6) is 0.424. The standard InChI is InChI=1S/C21H22BrNO3/c1-14(2)23-9-8-17-18(22)10-15(11-19(17)23)13-26-20-7-5-4-6-16(20)12-21(24)25-3/h4-11,14H,12-13H2,1-3H3. The van der Waals surface area contributed by atoms with Crippen LogP contribution in [0, 0.1) is 0 Å². The molecular weight excluding hydrogens is 394 g/mol. The summed E-state index contributed by atoms with van der Waals surface area (Å²) in [7, 11) is 1.39. The fraction of sp³-hybridized carbons (Fsp3) is 0.286. The summed E-state index contributed by atoms with van der Waals surface area (Å²) >= 11 is 3.66. The summed E-state index contributed by atoms with van der Waals surface area (Å²) in [5.41, 5.74) is 3.07. The van der Waals surface area contributed by atoms with E-state index in [4.69, 9.17) is 9.47 Å². The number of fused-ring (bicyclic) bond motifs is 1. The lowest BCUT2D eigenvalue weighted by Crippen LogP contribution is -2.07. The highest BCUT2D eigenvalue weighted by Crippen LogP contribution is 2.30. The molecule has 5 heteroatoms. The van der Waals surface area contributed by atoms with E-state index in [1.165, 1.54) is 18.0 Å². The summed E-state index contributed by atoms with van der Waals surface area (Å²) in [6.45, 7) is 4.76. The Kier molecular flexibility index (Phi) is 5.67. The summed E-state index contributed by atoms with van der Waals surface area (Å²) < 4.78 is 14.1. The lowest BCUT2D eigenvalue weighted by Gasteiger charge is -2.13. The van der Waals surface area contributed by atoms with Crippen molar-refractivity contribution >= 4 is 32.8 Å². The number of para-hydroxylation sites is 1. The Balaban J connectivity index is 1.84. The number of methoxy groups -OCH3 is 1. The second-order valence-electron chi connectivity index (χ2n) is 6.48. The molecule has 3 aromatic rings. The third-order valence-corrected chi connectivity index (χ3v) is 4.99. The predicted octanol–water partition coefficient (Wildman–Crippen LogP) is 5.28. The number of carbonyl (C=O) groups is 1. The van der Waals surface area contributed by atoms with E-state index in [0.29, 0.717) is 18.4 Å². The van der Waals surface area contributed by atoms with Crippen LogP contribution in [0.5, 0.6) is 5.75 Å². The molecule has 0 unspecified atom stereocenters. The van der Waals surface area contributed by atoms with Crippen LogP contribution in [0.4, 0.5) is 0 Å². The van der Waals surface area contributed by atoms with E-state index in [1.54, 1.807) is 0 Å². The van der Waals surface area contributed by atoms with Gasteiger partial charge in [-0.3, -0.25) is 4.79 Å². The SMILES string of the molecule is COC(=O)Cc1ccccc1OCc1cc(Br)c2ccn(C(C)C)c2c1. The molecule has 0 radical (unpaired) electrons. The van der Waals surface area contributed by atoms with E-state index >= 15 is 0 Å². The number of hydrogen-bond acceptors (Lipinski definition) is 3. The summed E-state index contributed by atoms with van der Waals surface area (Å²) in [5, 5.41) is 1.19. The maximum absolute atomic E-state index is 11.6. The van der Waals surface area contributed by atoms with Crippen molar-refractivity contribution in [1.29, 1.82) is 0 Å². The molecule has 0 saturated carbocycles. The Morgan fingerprint density at radius 3 is 2.69 bits per heavy atom. The molecule has 0 aliphatic rings. The molecule has 0 aliphatic carbocycles. The first kappa shape index (κ1) is 18.5. The van der Waals surface area contributed by atoms with Crippen LogP contribution in [0.25, 0.3) is 10.9 Å². The molecule has 0 amide bonds. The minimum atomic E-state index is -0.278. The lowest BCUT2D eigenvalue weighted by atomic mass is 10.1. The van der Waals surface area contributed by atoms with Crippen LogP contribution < -0.4 is 4.74 Å². The van der Waals surface area contributed by atoms with Gasteiger partial charge in [0.25, 0.3) is 0 Å². The molecular formula is C21H22BrNO3. The summed E-state index contributed by atoms with van der Waals surface area (Å²) in [6, 6.07) is 14.3. The molecule has 1 heterocycles. The summed E-state index contributed by atoms with van der Waals surface area (Å²) in [4.78, 5) is 11.6. The zero-order valence-corrected chi connectivity index (χ0v) is 16.7. The first-order valence-corrected chi connectivity index (χ1v) is 9.35. The van der Waals surface area contributed by atoms with Crippen LogP contribution in [0.15, 0.2) is 53.1 Å². The van der Waals surface area contributed by atoms with Gasteiger partial charge in [-0.25, -0.2) is 0 Å². The van der Waals surface area contributed by atoms with Gasteiger partial charge in [0.1, 0.15) is 12.4 Å². The van der Waals surface area contributed by atoms with Gasteiger partial charge in [0, 0.05) is 33.2 Å². The van der Waals surface area contributed by atoms with E-state index in [-0.39, 0.29) is 12.4 Å². The van der Waals surface area contributed by atoms with Gasteiger partial charge in [-0.05, 0) is 43.7 Å². The van der Waals surface area contributed by atoms with Crippen LogP contribution in [-0.2, 0) is 22.6 Å². The number of carbonyl (C=O) groups excluding carboxylic acids is 1. The van der Waals surface area contributed by atoms with Crippen molar-refractivity contribution in [2.24, 2.45) is 0 Å². The smallest absolute Gasteiger partial charge is 0.310 e. The van der Waals surface area contributed by atoms with Gasteiger partial charge in [-0.2, -0.15) is 0 Å². The van der Waals surface area contributed by atoms with Crippen molar-refractivity contribution in [1.82, 2.24) is 4.57 Å². The van der Waals surface area contributed by atoms with Crippen molar-refractivity contribution in [2.45, 2.75) is 32.9 Å². The maximum atomic E-state index is 11.6. The Hall–Kier alpha value is -2.27. The van der Waals surface area contributed by atoms with E-state index in [0.717, 1.165) is 15.6 Å². The molecule has 0 spiro atoms. The van der Waals surface area contributed by atoms with Crippen LogP contribution in [0.2, 0.25) is 0 Å². The van der Waals surface area contributed by atoms with Gasteiger partial charge in [-0.1, -0.05) is 34.1 Å². The molecule has 4 nitrogen and oxygen atoms in total. The molecule has 0 bridgehead atoms. The molecule has 0 N–H and O–H groups in total. The summed E-state index contributed by atoms with van der Waals surface area (Å²) in [6.07, 6.45) is 2.31. The topological polar surface area (TPSA) is 40.5 Å². The van der Waals surface area contributed by atoms with E-state index < -0.39 is 0 Å². The average molecular weight is 416 g/mol. The Labute approximate surface area is 161 Å². The zero-order chi connectivity index (χ0) is 18.7. The van der Waals surface area contributed by atoms with Crippen molar-refractivity contribution in [3.8, 4) is 5.75 Å². The van der Waals surface area contributed by atoms with Crippen molar-refractivity contribution in [2.75, 3.05) is 7.11 Å². The number of aromatic nitrogens is 1. The largest absolute Gasteiger partial charge is 0.489 e. The minimum Gasteiger partial charge on any atom is -0.489 e. The number of hydrogen-bond donors (Lipinski definition) is 0. The average Bonchev–Trinajstić information content (AvgIpc) is 3.05. The van der Waals surface area contributed by atoms with Crippen LogP contribution in [0.3, 0.4) is 0 Å². The Morgan fingerprint density at radius 1 is 1.19 bits per heavy atom. The quantitative estimate of drug-likeness (QED) is 0.514. The van der Waals surface area contributed by atoms with Gasteiger partial charge in [0.05, 0.1) is 13.5 Å². The van der Waals surface area contributed by atoms with Crippen molar-refractivity contribution in [3.05, 3.63) is 64.3 Å². The molecule has 0 saturated heterocycles. The molecule has 136 valence electrons. The van der Waals surface area contributed by atoms with Gasteiger partial charge >= 0.3 is 5.97 Å². The number of halogens is 1. The molecule has 0 atom stereocenters. The zero-order valence-electron chi connectivity index (χ0n) is 15.2. The first-order chi connectivity index (χ1) is 12.5. The third-order valence-electron chi connectivity index (χ3n) is 4.33. The fourth-order valence-electron chi connectivity index (χ4n) is 2.98. The second kappa shape index (κ2) is 7.96. The highest BCUT2D eigenvalue weighted by Gasteiger charge is 2.11. The van der Waals surface area contributed by atoms with Gasteiger partial charge in [0.15, 0.2) is 0 Å². The lowest BCUT2D eigenvalue weighted by molar-refractivity contribution is -0.139. The highest BCUT2D eigenvalue weighted by atomic mass is 79.9. The number of nitrogens with zero attached hydrogens (tertiary/aromatic N) is 1. The Morgan fingerprint density at radius 2 is 1.96 bits per heavy atom. The highest BCUT2D eigenvalue weighted by molar-refractivity contribution is 9.10. The number of ether oxygens (including phenoxy) is 2. The van der Waals surface area contributed by atoms with E-state index in [1.807, 2.05) is 24.3 Å². The maximum Gasteiger partial charge on any atom is 0.310 e. The fourth-order valence-corrected chi connectivity index (χ4v) is 3.61. The van der Waals surface area contributed by atoms with Crippen molar-refractivity contribution < 1.29 is 14.3 Å². The van der Waals surface area contributed by atoms with Gasteiger partial charge in [0.2, 0.25) is 0 Å². The molecule has 0 aliphatic heterocycles. The Bertz CT molecular complexity index is 930. The van der Waals surface area contributed by atoms with Crippen LogP contribution >= 0.6 is 15.9 Å². The van der Waals surface area contributed by atoms with Crippen LogP contribution in [0.1, 0.15) is 31.0 Å². The molecule has 3 rings (SSSR count). The molecule has 2 aromatic carbocycles. The van der Waals surface area contributed by atoms with Crippen molar-refractivity contribution in [3.63, 3.8) is 0 Å². The minimum absolute atomic E-state index is 0.200. The normalized spacial score (nSPS) is 11.1. The van der Waals surface area contributed by atoms with Crippen LogP contribution in [-0.4, -0.2) is 17.6 Å². The monoisotopic (exact) mass is 415 g/mol. The molecule has 1 aromatic heterocycles. The number of benzene rings is 2. The molecule has 26 heavy (non-hydrogen) atoms. The predicted molar refractivity (Wildman–Crippen MR) is 107 cm³/mol. The van der Waals surface area contributed by atoms with E-state index in [9.17, 15) is 4.79 Å². The second-order valence-corrected chi connectivity index (χ2v) is 7.33. The van der Waals surface area contributed by atoms with Gasteiger partial charge in [-0.15, -0.1) is 0 Å². The van der Waals surface area contributed by atoms with Gasteiger partial charge < -0.3 is 14.0 Å². The van der Waals surface area contributed by atoms with E-state index in [2.05, 4.69) is 58.7 Å². The number of esters is 1. The third kappa shape index (κ3) is 3.93. The molecule has 0 fully saturated rings. The first-order valence-electron chi connectivity index (χ1n) is 8.56.